The molecule has 250 valence electrons. The van der Waals surface area contributed by atoms with Gasteiger partial charge in [-0.2, -0.15) is 0 Å². The molecular formula is C50H35N3. The summed E-state index contributed by atoms with van der Waals surface area (Å²) in [5, 5.41) is 0.901. The molecule has 1 heterocycles. The molecule has 8 aromatic carbocycles. The third-order valence-electron chi connectivity index (χ3n) is 9.69. The average Bonchev–Trinajstić information content (AvgIpc) is 3.58. The van der Waals surface area contributed by atoms with Gasteiger partial charge < -0.3 is 0 Å². The lowest BCUT2D eigenvalue weighted by Crippen LogP contribution is -2.16. The molecule has 0 radical (unpaired) electrons. The molecule has 3 heteroatoms. The van der Waals surface area contributed by atoms with E-state index in [9.17, 15) is 5.48 Å². The maximum atomic E-state index is 9.43. The molecule has 0 saturated heterocycles. The summed E-state index contributed by atoms with van der Waals surface area (Å²) in [4.78, 5) is 14.3. The Morgan fingerprint density at radius 3 is 1.87 bits per heavy atom. The third kappa shape index (κ3) is 5.16. The smallest absolute Gasteiger partial charge is 0.164 e. The molecule has 0 bridgehead atoms. The highest BCUT2D eigenvalue weighted by molar-refractivity contribution is 6.09. The monoisotopic (exact) mass is 693 g/mol. The molecule has 1 aliphatic carbocycles. The van der Waals surface area contributed by atoms with Gasteiger partial charge in [-0.25, -0.2) is 15.0 Å². The van der Waals surface area contributed by atoms with Crippen molar-refractivity contribution in [3.8, 4) is 67.5 Å². The van der Waals surface area contributed by atoms with Crippen molar-refractivity contribution in [3.63, 3.8) is 0 Å². The number of fused-ring (bicyclic) bond motifs is 6. The summed E-state index contributed by atoms with van der Waals surface area (Å²) in [6.07, 6.45) is 0. The first-order valence-corrected chi connectivity index (χ1v) is 16.9. The molecule has 0 fully saturated rings. The second-order valence-corrected chi connectivity index (χ2v) is 13.2. The Kier molecular flexibility index (Phi) is 4.31. The molecule has 0 unspecified atom stereocenters. The summed E-state index contributed by atoms with van der Waals surface area (Å²) >= 11 is 0. The number of nitrogens with zero attached hydrogens (tertiary/aromatic N) is 3. The van der Waals surface area contributed by atoms with Crippen molar-refractivity contribution in [3.05, 3.63) is 187 Å². The SMILES string of the molecule is [2H]c1c([2H])c([2H])c(-c2nc(-c3cc4cccc(-c5ccccc5)c4c4c3-c3ccccc3C4(C)C)nc(-c3c([2H])c([2H])c(-c4c([2H])c([2H])c5c([2H])c([2H])c([2H])c([2H])c5c4[2H])c([2H])c3[2H])n2)c([2H])c1[2H]. The van der Waals surface area contributed by atoms with Crippen molar-refractivity contribution >= 4 is 21.5 Å². The summed E-state index contributed by atoms with van der Waals surface area (Å²) in [6, 6.07) is 14.3. The first-order valence-electron chi connectivity index (χ1n) is 24.9. The van der Waals surface area contributed by atoms with Crippen LogP contribution in [0.5, 0.6) is 0 Å². The van der Waals surface area contributed by atoms with Crippen molar-refractivity contribution in [2.75, 3.05) is 0 Å². The van der Waals surface area contributed by atoms with Gasteiger partial charge in [0.2, 0.25) is 0 Å². The van der Waals surface area contributed by atoms with E-state index in [1.165, 1.54) is 0 Å². The quantitative estimate of drug-likeness (QED) is 0.180. The standard InChI is InChI=1S/C50H35N3/c1-50(2)43-23-12-11-21-41(43)45-42(31-39-20-13-22-40(44(39)46(45)50)34-15-5-3-6-16-34)49-52-47(35-17-7-4-8-18-35)51-48(53-49)36-27-24-33(25-28-36)38-29-26-32-14-9-10-19-37(32)30-38/h3-31H,1-2H3/i4D,7D,8D,9D,10D,14D,17D,18D,19D,24D,25D,26D,27D,28D,29D,30D. The molecule has 0 aliphatic heterocycles. The average molecular weight is 694 g/mol. The van der Waals surface area contributed by atoms with Gasteiger partial charge in [-0.15, -0.1) is 0 Å². The second-order valence-electron chi connectivity index (χ2n) is 13.2. The lowest BCUT2D eigenvalue weighted by atomic mass is 9.78. The minimum atomic E-state index is -0.797. The summed E-state index contributed by atoms with van der Waals surface area (Å²) in [7, 11) is 0. The van der Waals surface area contributed by atoms with E-state index in [0.29, 0.717) is 5.56 Å². The summed E-state index contributed by atoms with van der Waals surface area (Å²) < 4.78 is 141. The molecular weight excluding hydrogens is 643 g/mol. The van der Waals surface area contributed by atoms with Gasteiger partial charge >= 0.3 is 0 Å². The van der Waals surface area contributed by atoms with Gasteiger partial charge in [0.05, 0.1) is 21.9 Å². The highest BCUT2D eigenvalue weighted by Gasteiger charge is 2.39. The van der Waals surface area contributed by atoms with Crippen molar-refractivity contribution in [1.82, 2.24) is 15.0 Å². The number of aromatic nitrogens is 3. The van der Waals surface area contributed by atoms with Crippen LogP contribution in [0.1, 0.15) is 46.9 Å². The van der Waals surface area contributed by atoms with Crippen LogP contribution in [-0.4, -0.2) is 15.0 Å². The van der Waals surface area contributed by atoms with Crippen molar-refractivity contribution in [1.29, 1.82) is 0 Å². The predicted octanol–water partition coefficient (Wildman–Crippen LogP) is 12.8. The molecule has 0 atom stereocenters. The fraction of sp³-hybridized carbons (Fsp3) is 0.0600. The molecule has 0 amide bonds. The van der Waals surface area contributed by atoms with Gasteiger partial charge in [0.1, 0.15) is 0 Å². The molecule has 3 nitrogen and oxygen atoms in total. The van der Waals surface area contributed by atoms with Gasteiger partial charge in [0.15, 0.2) is 17.5 Å². The third-order valence-corrected chi connectivity index (χ3v) is 9.69. The van der Waals surface area contributed by atoms with Crippen LogP contribution < -0.4 is 0 Å². The number of benzene rings is 8. The number of hydrogen-bond acceptors (Lipinski definition) is 3. The molecule has 53 heavy (non-hydrogen) atoms. The van der Waals surface area contributed by atoms with E-state index in [4.69, 9.17) is 26.4 Å². The Labute approximate surface area is 331 Å². The Balaban J connectivity index is 1.31. The van der Waals surface area contributed by atoms with Crippen molar-refractivity contribution in [2.24, 2.45) is 0 Å². The largest absolute Gasteiger partial charge is 0.208 e. The molecule has 10 rings (SSSR count). The Morgan fingerprint density at radius 1 is 0.453 bits per heavy atom. The summed E-state index contributed by atoms with van der Waals surface area (Å²) in [5.74, 6) is -0.966. The van der Waals surface area contributed by atoms with Crippen LogP contribution in [0.3, 0.4) is 0 Å². The fourth-order valence-corrected chi connectivity index (χ4v) is 7.31. The first-order chi connectivity index (χ1) is 32.7. The highest BCUT2D eigenvalue weighted by atomic mass is 15.0. The zero-order chi connectivity index (χ0) is 49.4. The van der Waals surface area contributed by atoms with E-state index in [1.54, 1.807) is 0 Å². The maximum absolute atomic E-state index is 9.43. The van der Waals surface area contributed by atoms with Gasteiger partial charge in [-0.1, -0.05) is 177 Å². The molecule has 0 saturated carbocycles. The van der Waals surface area contributed by atoms with Crippen LogP contribution in [0.4, 0.5) is 0 Å². The van der Waals surface area contributed by atoms with Crippen molar-refractivity contribution < 1.29 is 21.9 Å². The van der Waals surface area contributed by atoms with E-state index in [2.05, 4.69) is 24.9 Å². The lowest BCUT2D eigenvalue weighted by molar-refractivity contribution is 0.666. The minimum Gasteiger partial charge on any atom is -0.208 e. The maximum Gasteiger partial charge on any atom is 0.164 e. The predicted molar refractivity (Wildman–Crippen MR) is 220 cm³/mol. The highest BCUT2D eigenvalue weighted by Crippen LogP contribution is 2.56. The minimum absolute atomic E-state index is 0.0806. The van der Waals surface area contributed by atoms with Crippen LogP contribution in [0.15, 0.2) is 176 Å². The van der Waals surface area contributed by atoms with Gasteiger partial charge in [0, 0.05) is 22.1 Å². The molecule has 1 aliphatic rings. The molecule has 0 N–H and O–H groups in total. The Bertz CT molecular complexity index is 3720. The van der Waals surface area contributed by atoms with E-state index >= 15 is 0 Å². The van der Waals surface area contributed by atoms with Crippen LogP contribution in [0, 0.1) is 0 Å². The van der Waals surface area contributed by atoms with E-state index in [-0.39, 0.29) is 5.82 Å². The molecule has 0 spiro atoms. The van der Waals surface area contributed by atoms with E-state index in [0.717, 1.165) is 44.2 Å². The first kappa shape index (κ1) is 18.7. The zero-order valence-corrected chi connectivity index (χ0v) is 28.3. The normalized spacial score (nSPS) is 17.1. The van der Waals surface area contributed by atoms with Gasteiger partial charge in [-0.3, -0.25) is 0 Å². The van der Waals surface area contributed by atoms with E-state index < -0.39 is 147 Å². The number of hydrogen-bond donors (Lipinski definition) is 0. The van der Waals surface area contributed by atoms with Crippen LogP contribution in [0.25, 0.3) is 89.1 Å². The summed E-state index contributed by atoms with van der Waals surface area (Å²) in [6.45, 7) is 4.23. The van der Waals surface area contributed by atoms with Crippen LogP contribution in [-0.2, 0) is 5.41 Å². The van der Waals surface area contributed by atoms with E-state index in [1.807, 2.05) is 72.8 Å². The van der Waals surface area contributed by atoms with Crippen LogP contribution >= 0.6 is 0 Å². The van der Waals surface area contributed by atoms with Crippen LogP contribution in [0.2, 0.25) is 0 Å². The molecule has 9 aromatic rings. The topological polar surface area (TPSA) is 38.7 Å². The zero-order valence-electron chi connectivity index (χ0n) is 44.3. The summed E-state index contributed by atoms with van der Waals surface area (Å²) in [5.41, 5.74) is 3.21. The van der Waals surface area contributed by atoms with Gasteiger partial charge in [0.25, 0.3) is 0 Å². The van der Waals surface area contributed by atoms with Crippen molar-refractivity contribution in [2.45, 2.75) is 19.3 Å². The Morgan fingerprint density at radius 2 is 1.08 bits per heavy atom. The number of rotatable bonds is 5. The fourth-order valence-electron chi connectivity index (χ4n) is 7.31. The van der Waals surface area contributed by atoms with Gasteiger partial charge in [-0.05, 0) is 78.2 Å². The molecule has 1 aromatic heterocycles. The Hall–Kier alpha value is -6.71. The second kappa shape index (κ2) is 12.2. The lowest BCUT2D eigenvalue weighted by Gasteiger charge is -2.25.